The minimum absolute atomic E-state index is 0.00425. The van der Waals surface area contributed by atoms with Crippen LogP contribution in [0.3, 0.4) is 0 Å². The summed E-state index contributed by atoms with van der Waals surface area (Å²) in [6, 6.07) is 16.8. The van der Waals surface area contributed by atoms with E-state index in [9.17, 15) is 15.4 Å². The number of nitriles is 1. The van der Waals surface area contributed by atoms with Gasteiger partial charge in [-0.15, -0.1) is 0 Å². The van der Waals surface area contributed by atoms with Gasteiger partial charge >= 0.3 is 0 Å². The van der Waals surface area contributed by atoms with Crippen LogP contribution in [0, 0.1) is 26.9 Å². The number of benzene rings is 2. The molecule has 0 unspecified atom stereocenters. The Balaban J connectivity index is 2.14. The lowest BCUT2D eigenvalue weighted by atomic mass is 10.2. The minimum Gasteiger partial charge on any atom is -0.454 e. The Labute approximate surface area is 140 Å². The molecule has 1 N–H and O–H groups in total. The molecule has 0 fully saturated rings. The first-order valence-electron chi connectivity index (χ1n) is 7.37. The van der Waals surface area contributed by atoms with E-state index < -0.39 is 4.92 Å². The molecule has 0 bridgehead atoms. The summed E-state index contributed by atoms with van der Waals surface area (Å²) in [5.41, 5.74) is 2.42. The maximum absolute atomic E-state index is 10.9. The van der Waals surface area contributed by atoms with Crippen LogP contribution in [0.2, 0.25) is 0 Å². The van der Waals surface area contributed by atoms with E-state index >= 15 is 0 Å². The van der Waals surface area contributed by atoms with Gasteiger partial charge in [0.1, 0.15) is 22.7 Å². The van der Waals surface area contributed by atoms with Crippen molar-refractivity contribution in [2.45, 2.75) is 0 Å². The van der Waals surface area contributed by atoms with E-state index in [0.29, 0.717) is 22.4 Å². The zero-order valence-electron chi connectivity index (χ0n) is 12.8. The molecule has 0 aliphatic rings. The zero-order chi connectivity index (χ0) is 17.6. The second kappa shape index (κ2) is 5.32. The highest BCUT2D eigenvalue weighted by atomic mass is 16.6. The molecule has 0 amide bonds. The molecule has 120 valence electrons. The lowest BCUT2D eigenvalue weighted by Crippen LogP contribution is -2.21. The molecule has 4 aromatic rings. The normalized spacial score (nSPS) is 10.8. The zero-order valence-corrected chi connectivity index (χ0v) is 12.8. The predicted molar refractivity (Wildman–Crippen MR) is 90.3 cm³/mol. The minimum atomic E-state index is -0.482. The largest absolute Gasteiger partial charge is 0.454 e. The van der Waals surface area contributed by atoms with Crippen molar-refractivity contribution < 1.29 is 9.34 Å². The molecule has 0 aliphatic heterocycles. The first-order chi connectivity index (χ1) is 12.1. The Morgan fingerprint density at radius 3 is 2.52 bits per heavy atom. The van der Waals surface area contributed by atoms with Crippen molar-refractivity contribution in [1.29, 1.82) is 10.7 Å². The highest BCUT2D eigenvalue weighted by Crippen LogP contribution is 2.30. The van der Waals surface area contributed by atoms with E-state index in [4.69, 9.17) is 9.83 Å². The number of para-hydroxylation sites is 1. The second-order valence-corrected chi connectivity index (χ2v) is 5.44. The van der Waals surface area contributed by atoms with Crippen LogP contribution in [0.1, 0.15) is 5.56 Å². The Morgan fingerprint density at radius 2 is 1.84 bits per heavy atom. The molecule has 0 aliphatic carbocycles. The van der Waals surface area contributed by atoms with E-state index in [1.807, 2.05) is 30.3 Å². The van der Waals surface area contributed by atoms with Gasteiger partial charge in [-0.1, -0.05) is 12.1 Å². The van der Waals surface area contributed by atoms with Gasteiger partial charge in [0.15, 0.2) is 5.58 Å². The number of fused-ring (bicyclic) bond motifs is 3. The van der Waals surface area contributed by atoms with E-state index in [1.54, 1.807) is 22.8 Å². The molecule has 0 spiro atoms. The second-order valence-electron chi connectivity index (χ2n) is 5.44. The molecule has 0 saturated carbocycles. The number of non-ortho nitro benzene ring substituents is 1. The van der Waals surface area contributed by atoms with Crippen molar-refractivity contribution >= 4 is 27.8 Å². The Hall–Kier alpha value is -3.92. The van der Waals surface area contributed by atoms with Gasteiger partial charge in [-0.25, -0.2) is 0 Å². The average molecular weight is 330 g/mol. The number of hydrogen-bond donors (Lipinski definition) is 1. The van der Waals surface area contributed by atoms with Gasteiger partial charge in [0.05, 0.1) is 10.5 Å². The van der Waals surface area contributed by atoms with E-state index in [2.05, 4.69) is 0 Å². The van der Waals surface area contributed by atoms with Crippen molar-refractivity contribution in [3.63, 3.8) is 0 Å². The van der Waals surface area contributed by atoms with Gasteiger partial charge in [-0.05, 0) is 24.3 Å². The highest BCUT2D eigenvalue weighted by molar-refractivity contribution is 6.03. The standard InChI is InChI=1S/C18H10N4O3/c19-10-11-9-16-17(14-3-1-2-4-15(14)25-16)21(18(11)20)12-5-7-13(8-6-12)22(23)24/h1-9,20H. The van der Waals surface area contributed by atoms with Gasteiger partial charge in [-0.3, -0.25) is 20.1 Å². The third-order valence-corrected chi connectivity index (χ3v) is 4.01. The number of rotatable bonds is 2. The molecule has 0 atom stereocenters. The summed E-state index contributed by atoms with van der Waals surface area (Å²) in [7, 11) is 0. The fraction of sp³-hybridized carbons (Fsp3) is 0. The maximum atomic E-state index is 10.9. The number of hydrogen-bond acceptors (Lipinski definition) is 5. The third-order valence-electron chi connectivity index (χ3n) is 4.01. The topological polar surface area (TPSA) is 109 Å². The molecule has 2 heterocycles. The Bertz CT molecular complexity index is 1240. The summed E-state index contributed by atoms with van der Waals surface area (Å²) >= 11 is 0. The summed E-state index contributed by atoms with van der Waals surface area (Å²) in [6.07, 6.45) is 0. The van der Waals surface area contributed by atoms with Crippen LogP contribution in [0.5, 0.6) is 0 Å². The van der Waals surface area contributed by atoms with Crippen molar-refractivity contribution in [3.05, 3.63) is 75.8 Å². The summed E-state index contributed by atoms with van der Waals surface area (Å²) in [5, 5.41) is 29.4. The first-order valence-corrected chi connectivity index (χ1v) is 7.37. The van der Waals surface area contributed by atoms with Gasteiger partial charge in [0, 0.05) is 29.3 Å². The molecule has 0 radical (unpaired) electrons. The maximum Gasteiger partial charge on any atom is 0.269 e. The molecule has 7 heteroatoms. The predicted octanol–water partition coefficient (Wildman–Crippen LogP) is 3.64. The van der Waals surface area contributed by atoms with Crippen LogP contribution in [-0.2, 0) is 0 Å². The van der Waals surface area contributed by atoms with Crippen molar-refractivity contribution in [3.8, 4) is 11.8 Å². The van der Waals surface area contributed by atoms with Crippen LogP contribution in [0.25, 0.3) is 27.8 Å². The van der Waals surface area contributed by atoms with Gasteiger partial charge < -0.3 is 4.42 Å². The Morgan fingerprint density at radius 1 is 1.12 bits per heavy atom. The summed E-state index contributed by atoms with van der Waals surface area (Å²) < 4.78 is 7.38. The smallest absolute Gasteiger partial charge is 0.269 e. The lowest BCUT2D eigenvalue weighted by Gasteiger charge is -2.10. The van der Waals surface area contributed by atoms with Crippen LogP contribution in [-0.4, -0.2) is 9.49 Å². The summed E-state index contributed by atoms with van der Waals surface area (Å²) in [6.45, 7) is 0. The number of nitro groups is 1. The molecule has 25 heavy (non-hydrogen) atoms. The van der Waals surface area contributed by atoms with Crippen LogP contribution in [0.15, 0.2) is 59.0 Å². The number of nitrogens with zero attached hydrogens (tertiary/aromatic N) is 3. The molecule has 2 aromatic heterocycles. The molecule has 0 saturated heterocycles. The Kier molecular flexibility index (Phi) is 3.12. The van der Waals surface area contributed by atoms with Gasteiger partial charge in [0.25, 0.3) is 5.69 Å². The average Bonchev–Trinajstić information content (AvgIpc) is 2.99. The van der Waals surface area contributed by atoms with Gasteiger partial charge in [-0.2, -0.15) is 5.26 Å². The monoisotopic (exact) mass is 330 g/mol. The van der Waals surface area contributed by atoms with Crippen molar-refractivity contribution in [1.82, 2.24) is 4.57 Å². The SMILES string of the molecule is N#Cc1cc2oc3ccccc3c2n(-c2ccc([N+](=O)[O-])cc2)c1=N. The number of nitrogens with one attached hydrogen (secondary N) is 1. The first kappa shape index (κ1) is 14.7. The molecular formula is C18H10N4O3. The number of furan rings is 1. The van der Waals surface area contributed by atoms with Crippen molar-refractivity contribution in [2.75, 3.05) is 0 Å². The van der Waals surface area contributed by atoms with E-state index in [-0.39, 0.29) is 16.7 Å². The van der Waals surface area contributed by atoms with E-state index in [0.717, 1.165) is 5.39 Å². The number of aromatic nitrogens is 1. The fourth-order valence-corrected chi connectivity index (χ4v) is 2.88. The van der Waals surface area contributed by atoms with Crippen LogP contribution >= 0.6 is 0 Å². The number of nitro benzene ring substituents is 1. The fourth-order valence-electron chi connectivity index (χ4n) is 2.88. The lowest BCUT2D eigenvalue weighted by molar-refractivity contribution is -0.384. The summed E-state index contributed by atoms with van der Waals surface area (Å²) in [4.78, 5) is 10.4. The van der Waals surface area contributed by atoms with Crippen LogP contribution in [0.4, 0.5) is 5.69 Å². The van der Waals surface area contributed by atoms with Gasteiger partial charge in [0.2, 0.25) is 0 Å². The third kappa shape index (κ3) is 2.16. The molecule has 4 rings (SSSR count). The van der Waals surface area contributed by atoms with Crippen molar-refractivity contribution in [2.24, 2.45) is 0 Å². The number of pyridine rings is 1. The quantitative estimate of drug-likeness (QED) is 0.447. The molecule has 7 nitrogen and oxygen atoms in total. The molecular weight excluding hydrogens is 320 g/mol. The molecule has 2 aromatic carbocycles. The van der Waals surface area contributed by atoms with Crippen LogP contribution < -0.4 is 5.49 Å². The summed E-state index contributed by atoms with van der Waals surface area (Å²) in [5.74, 6) is 0. The van der Waals surface area contributed by atoms with E-state index in [1.165, 1.54) is 12.1 Å². The highest BCUT2D eigenvalue weighted by Gasteiger charge is 2.16.